The van der Waals surface area contributed by atoms with Gasteiger partial charge in [-0.05, 0) is 55.8 Å². The zero-order chi connectivity index (χ0) is 13.1. The molecule has 0 bridgehead atoms. The smallest absolute Gasteiger partial charge is 0.0475 e. The fourth-order valence-corrected chi connectivity index (χ4v) is 3.31. The number of piperidine rings is 1. The van der Waals surface area contributed by atoms with Gasteiger partial charge in [0.15, 0.2) is 0 Å². The lowest BCUT2D eigenvalue weighted by molar-refractivity contribution is 0.132. The maximum absolute atomic E-state index is 6.08. The van der Waals surface area contributed by atoms with Crippen molar-refractivity contribution in [1.29, 1.82) is 0 Å². The lowest BCUT2D eigenvalue weighted by Gasteiger charge is -2.38. The highest BCUT2D eigenvalue weighted by molar-refractivity contribution is 5.36. The number of nitrogens with two attached hydrogens (primary N) is 1. The Kier molecular flexibility index (Phi) is 4.41. The number of hydrogen-bond donors (Lipinski definition) is 1. The summed E-state index contributed by atoms with van der Waals surface area (Å²) < 4.78 is 0. The number of hydrogen-bond acceptors (Lipinski definition) is 2. The van der Waals surface area contributed by atoms with Crippen LogP contribution in [-0.2, 0) is 0 Å². The Labute approximate surface area is 111 Å². The Morgan fingerprint density at radius 2 is 2.00 bits per heavy atom. The molecule has 1 fully saturated rings. The van der Waals surface area contributed by atoms with Gasteiger partial charge in [-0.15, -0.1) is 0 Å². The third kappa shape index (κ3) is 2.76. The molecule has 2 heteroatoms. The van der Waals surface area contributed by atoms with Gasteiger partial charge in [0.05, 0.1) is 0 Å². The predicted octanol–water partition coefficient (Wildman–Crippen LogP) is 3.04. The largest absolute Gasteiger partial charge is 0.329 e. The average Bonchev–Trinajstić information content (AvgIpc) is 2.34. The van der Waals surface area contributed by atoms with E-state index in [1.54, 1.807) is 0 Å². The molecular formula is C16H26N2. The highest BCUT2D eigenvalue weighted by Gasteiger charge is 2.25. The summed E-state index contributed by atoms with van der Waals surface area (Å²) in [5, 5.41) is 0. The van der Waals surface area contributed by atoms with Gasteiger partial charge in [0.25, 0.3) is 0 Å². The van der Waals surface area contributed by atoms with Gasteiger partial charge < -0.3 is 5.73 Å². The van der Waals surface area contributed by atoms with E-state index in [-0.39, 0.29) is 0 Å². The summed E-state index contributed by atoms with van der Waals surface area (Å²) in [5.74, 6) is 0.803. The van der Waals surface area contributed by atoms with Gasteiger partial charge in [-0.2, -0.15) is 0 Å². The number of benzene rings is 1. The first kappa shape index (κ1) is 13.6. The molecule has 2 N–H and O–H groups in total. The molecule has 1 heterocycles. The lowest BCUT2D eigenvalue weighted by atomic mass is 9.91. The molecule has 2 rings (SSSR count). The highest BCUT2D eigenvalue weighted by Crippen LogP contribution is 2.30. The second-order valence-electron chi connectivity index (χ2n) is 5.80. The Hall–Kier alpha value is -0.860. The molecular weight excluding hydrogens is 220 g/mol. The minimum absolute atomic E-state index is 0.397. The molecule has 0 aliphatic carbocycles. The minimum Gasteiger partial charge on any atom is -0.329 e. The predicted molar refractivity (Wildman–Crippen MR) is 77.7 cm³/mol. The van der Waals surface area contributed by atoms with Crippen molar-refractivity contribution in [1.82, 2.24) is 4.90 Å². The van der Waals surface area contributed by atoms with E-state index in [4.69, 9.17) is 5.73 Å². The van der Waals surface area contributed by atoms with E-state index >= 15 is 0 Å². The lowest BCUT2D eigenvalue weighted by Crippen LogP contribution is -2.41. The molecule has 0 spiro atoms. The van der Waals surface area contributed by atoms with Gasteiger partial charge in [-0.1, -0.05) is 25.1 Å². The van der Waals surface area contributed by atoms with Crippen LogP contribution in [0.25, 0.3) is 0 Å². The van der Waals surface area contributed by atoms with Crippen LogP contribution in [0.5, 0.6) is 0 Å². The second-order valence-corrected chi connectivity index (χ2v) is 5.80. The Morgan fingerprint density at radius 1 is 1.33 bits per heavy atom. The summed E-state index contributed by atoms with van der Waals surface area (Å²) in [5.41, 5.74) is 10.3. The van der Waals surface area contributed by atoms with Crippen LogP contribution >= 0.6 is 0 Å². The van der Waals surface area contributed by atoms with Gasteiger partial charge in [0.1, 0.15) is 0 Å². The van der Waals surface area contributed by atoms with Crippen molar-refractivity contribution >= 4 is 0 Å². The van der Waals surface area contributed by atoms with Crippen LogP contribution in [0.3, 0.4) is 0 Å². The molecule has 18 heavy (non-hydrogen) atoms. The van der Waals surface area contributed by atoms with Crippen LogP contribution in [0.15, 0.2) is 18.2 Å². The van der Waals surface area contributed by atoms with Crippen LogP contribution in [-0.4, -0.2) is 24.5 Å². The zero-order valence-electron chi connectivity index (χ0n) is 11.9. The topological polar surface area (TPSA) is 29.3 Å². The van der Waals surface area contributed by atoms with Crippen molar-refractivity contribution in [2.45, 2.75) is 39.7 Å². The number of nitrogens with zero attached hydrogens (tertiary/aromatic N) is 1. The van der Waals surface area contributed by atoms with E-state index in [1.807, 2.05) is 0 Å². The van der Waals surface area contributed by atoms with E-state index in [1.165, 1.54) is 42.6 Å². The van der Waals surface area contributed by atoms with Crippen molar-refractivity contribution in [2.75, 3.05) is 19.6 Å². The third-order valence-corrected chi connectivity index (χ3v) is 4.23. The molecule has 0 amide bonds. The summed E-state index contributed by atoms with van der Waals surface area (Å²) in [7, 11) is 0. The molecule has 0 radical (unpaired) electrons. The van der Waals surface area contributed by atoms with Crippen LogP contribution < -0.4 is 5.73 Å². The van der Waals surface area contributed by atoms with E-state index < -0.39 is 0 Å². The van der Waals surface area contributed by atoms with Gasteiger partial charge in [0, 0.05) is 19.1 Å². The molecule has 1 aromatic carbocycles. The van der Waals surface area contributed by atoms with Gasteiger partial charge in [-0.3, -0.25) is 4.90 Å². The molecule has 1 aromatic rings. The SMILES string of the molecule is Cc1cccc(C)c1C(CN)N1CCCC(C)C1. The Morgan fingerprint density at radius 3 is 2.56 bits per heavy atom. The van der Waals surface area contributed by atoms with E-state index in [2.05, 4.69) is 43.9 Å². The second kappa shape index (κ2) is 5.85. The highest BCUT2D eigenvalue weighted by atomic mass is 15.2. The van der Waals surface area contributed by atoms with Crippen molar-refractivity contribution in [3.8, 4) is 0 Å². The van der Waals surface area contributed by atoms with E-state index in [0.717, 1.165) is 12.5 Å². The van der Waals surface area contributed by atoms with Crippen LogP contribution in [0.2, 0.25) is 0 Å². The fourth-order valence-electron chi connectivity index (χ4n) is 3.31. The van der Waals surface area contributed by atoms with Crippen LogP contribution in [0, 0.1) is 19.8 Å². The van der Waals surface area contributed by atoms with Gasteiger partial charge >= 0.3 is 0 Å². The van der Waals surface area contributed by atoms with Crippen LogP contribution in [0.4, 0.5) is 0 Å². The standard InChI is InChI=1S/C16H26N2/c1-12-6-5-9-18(11-12)15(10-17)16-13(2)7-4-8-14(16)3/h4,7-8,12,15H,5-6,9-11,17H2,1-3H3. The van der Waals surface area contributed by atoms with Gasteiger partial charge in [-0.25, -0.2) is 0 Å². The average molecular weight is 246 g/mol. The fraction of sp³-hybridized carbons (Fsp3) is 0.625. The molecule has 0 saturated carbocycles. The summed E-state index contributed by atoms with van der Waals surface area (Å²) in [4.78, 5) is 2.59. The summed E-state index contributed by atoms with van der Waals surface area (Å²) in [6.45, 7) is 9.87. The van der Waals surface area contributed by atoms with Crippen molar-refractivity contribution in [3.05, 3.63) is 34.9 Å². The first-order chi connectivity index (χ1) is 8.63. The molecule has 1 saturated heterocycles. The molecule has 0 aromatic heterocycles. The quantitative estimate of drug-likeness (QED) is 0.888. The molecule has 2 unspecified atom stereocenters. The summed E-state index contributed by atoms with van der Waals surface area (Å²) >= 11 is 0. The number of aryl methyl sites for hydroxylation is 2. The van der Waals surface area contributed by atoms with Crippen molar-refractivity contribution < 1.29 is 0 Å². The summed E-state index contributed by atoms with van der Waals surface area (Å²) in [6.07, 6.45) is 2.67. The number of rotatable bonds is 3. The third-order valence-electron chi connectivity index (χ3n) is 4.23. The van der Waals surface area contributed by atoms with Crippen molar-refractivity contribution in [3.63, 3.8) is 0 Å². The molecule has 1 aliphatic rings. The van der Waals surface area contributed by atoms with Crippen molar-refractivity contribution in [2.24, 2.45) is 11.7 Å². The Balaban J connectivity index is 2.27. The summed E-state index contributed by atoms with van der Waals surface area (Å²) in [6, 6.07) is 6.95. The monoisotopic (exact) mass is 246 g/mol. The first-order valence-electron chi connectivity index (χ1n) is 7.13. The molecule has 2 atom stereocenters. The molecule has 1 aliphatic heterocycles. The normalized spacial score (nSPS) is 23.0. The van der Waals surface area contributed by atoms with E-state index in [9.17, 15) is 0 Å². The molecule has 100 valence electrons. The molecule has 2 nitrogen and oxygen atoms in total. The van der Waals surface area contributed by atoms with Crippen LogP contribution in [0.1, 0.15) is 42.5 Å². The number of likely N-dealkylation sites (tertiary alicyclic amines) is 1. The minimum atomic E-state index is 0.397. The Bertz CT molecular complexity index is 380. The maximum Gasteiger partial charge on any atom is 0.0475 e. The van der Waals surface area contributed by atoms with E-state index in [0.29, 0.717) is 6.04 Å². The maximum atomic E-state index is 6.08. The first-order valence-corrected chi connectivity index (χ1v) is 7.13. The van der Waals surface area contributed by atoms with Gasteiger partial charge in [0.2, 0.25) is 0 Å². The zero-order valence-corrected chi connectivity index (χ0v) is 11.9.